The molecule has 4 atom stereocenters. The summed E-state index contributed by atoms with van der Waals surface area (Å²) in [6, 6.07) is 0. The molecule has 0 aliphatic heterocycles. The Labute approximate surface area is 456 Å². The first-order valence-electron chi connectivity index (χ1n) is 32.6. The summed E-state index contributed by atoms with van der Waals surface area (Å²) in [6.07, 6.45) is 46.1. The zero-order chi connectivity index (χ0) is 53.0. The fourth-order valence-corrected chi connectivity index (χ4v) is 23.4. The highest BCUT2D eigenvalue weighted by Crippen LogP contribution is 2.70. The van der Waals surface area contributed by atoms with Gasteiger partial charge < -0.3 is 0 Å². The van der Waals surface area contributed by atoms with E-state index in [1.165, 1.54) is 199 Å². The molecule has 4 unspecified atom stereocenters. The first-order valence-corrected chi connectivity index (χ1v) is 32.6. The van der Waals surface area contributed by atoms with E-state index < -0.39 is 0 Å². The highest BCUT2D eigenvalue weighted by molar-refractivity contribution is 5.10. The summed E-state index contributed by atoms with van der Waals surface area (Å²) in [5.41, 5.74) is 7.93. The molecule has 0 radical (unpaired) electrons. The van der Waals surface area contributed by atoms with Crippen LogP contribution in [0.25, 0.3) is 0 Å². The lowest BCUT2D eigenvalue weighted by Crippen LogP contribution is -2.57. The van der Waals surface area contributed by atoms with E-state index in [9.17, 15) is 0 Å². The Morgan fingerprint density at radius 1 is 0.306 bits per heavy atom. The van der Waals surface area contributed by atoms with Gasteiger partial charge in [-0.05, 0) is 254 Å². The first-order chi connectivity index (χ1) is 32.6. The molecule has 0 saturated heterocycles. The summed E-state index contributed by atoms with van der Waals surface area (Å²) in [5, 5.41) is 0. The van der Waals surface area contributed by atoms with E-state index in [2.05, 4.69) is 145 Å². The number of fused-ring (bicyclic) bond motifs is 10. The van der Waals surface area contributed by atoms with Crippen molar-refractivity contribution in [3.63, 3.8) is 0 Å². The zero-order valence-electron chi connectivity index (χ0n) is 53.0. The second-order valence-electron chi connectivity index (χ2n) is 35.0. The van der Waals surface area contributed by atoms with Crippen LogP contribution < -0.4 is 0 Å². The zero-order valence-corrected chi connectivity index (χ0v) is 53.0. The van der Waals surface area contributed by atoms with Crippen molar-refractivity contribution in [2.24, 2.45) is 106 Å². The molecule has 72 heavy (non-hydrogen) atoms. The standard InChI is InChI=1S/2C15H28.2C14H26.C13H24.CH4/c1-12(2)15(5)13(3)8-6-10-14(15,4)11-7-9-13;1-12(2)15(5)10-13(3)7-6-8-14(4,9-13)11-15;1-11(2)12-13(3)7-5-9-14(12,4)10-6-8-13;1-11(2)12-8-13(3)6-5-7-14(4,9-12)10-13;1-11(2)13-8-4-6-12(3,10-13)7-5-9-13;/h2*12H,6-11H2,1-5H3;2*11-12H,5-10H2,1-4H3;11H,4-10H2,1-3H3;1H4. The Balaban J connectivity index is 0.000000167. The molecule has 0 heteroatoms. The molecule has 10 fully saturated rings. The molecular formula is C72H136. The fraction of sp³-hybridized carbons (Fsp3) is 1.00. The van der Waals surface area contributed by atoms with Crippen molar-refractivity contribution in [3.05, 3.63) is 0 Å². The first kappa shape index (κ1) is 62.8. The second-order valence-corrected chi connectivity index (χ2v) is 35.0. The minimum Gasteiger partial charge on any atom is -0.0776 e. The summed E-state index contributed by atoms with van der Waals surface area (Å²) in [6.45, 7) is 52.5. The molecule has 10 rings (SSSR count). The maximum atomic E-state index is 2.59. The normalized spacial score (nSPS) is 48.1. The molecule has 424 valence electrons. The van der Waals surface area contributed by atoms with Gasteiger partial charge in [-0.2, -0.15) is 0 Å². The van der Waals surface area contributed by atoms with E-state index >= 15 is 0 Å². The molecular weight excluding hydrogens is 865 g/mol. The quantitative estimate of drug-likeness (QED) is 0.257. The van der Waals surface area contributed by atoms with Crippen molar-refractivity contribution in [2.45, 2.75) is 352 Å². The van der Waals surface area contributed by atoms with Crippen LogP contribution in [0.1, 0.15) is 352 Å². The van der Waals surface area contributed by atoms with Gasteiger partial charge in [-0.3, -0.25) is 0 Å². The van der Waals surface area contributed by atoms with E-state index in [0.29, 0.717) is 54.1 Å². The average molecular weight is 1000 g/mol. The number of hydrogen-bond acceptors (Lipinski definition) is 0. The fourth-order valence-electron chi connectivity index (χ4n) is 23.4. The van der Waals surface area contributed by atoms with Crippen LogP contribution in [0.3, 0.4) is 0 Å². The number of hydrogen-bond donors (Lipinski definition) is 0. The summed E-state index contributed by atoms with van der Waals surface area (Å²) in [4.78, 5) is 0. The van der Waals surface area contributed by atoms with Crippen LogP contribution >= 0.6 is 0 Å². The lowest BCUT2D eigenvalue weighted by molar-refractivity contribution is -0.166. The third kappa shape index (κ3) is 13.0. The molecule has 10 saturated carbocycles. The SMILES string of the molecule is C.CC(C)C1(C)C2(C)CCCC1(C)CCC2.CC(C)C1(C)CC2(C)CCCC(C)(C2)C1.CC(C)C12CCCC(C)(CCC1)C2.CC(C)C1C2(C)CCCC1(C)CCC2.CC(C)C1CC2(C)CCCC(C)(C1)C2. The predicted molar refractivity (Wildman–Crippen MR) is 323 cm³/mol. The van der Waals surface area contributed by atoms with Crippen LogP contribution in [0.4, 0.5) is 0 Å². The minimum absolute atomic E-state index is 0. The Morgan fingerprint density at radius 3 is 0.944 bits per heavy atom. The lowest BCUT2D eigenvalue weighted by Gasteiger charge is -2.66. The summed E-state index contributed by atoms with van der Waals surface area (Å²) in [7, 11) is 0. The molecule has 0 nitrogen and oxygen atoms in total. The Morgan fingerprint density at radius 2 is 0.639 bits per heavy atom. The van der Waals surface area contributed by atoms with Gasteiger partial charge in [0.15, 0.2) is 0 Å². The van der Waals surface area contributed by atoms with Crippen molar-refractivity contribution in [3.8, 4) is 0 Å². The molecule has 10 aliphatic carbocycles. The molecule has 0 heterocycles. The largest absolute Gasteiger partial charge is 0.0776 e. The van der Waals surface area contributed by atoms with E-state index in [1.54, 1.807) is 0 Å². The number of rotatable bonds is 5. The van der Waals surface area contributed by atoms with E-state index in [4.69, 9.17) is 0 Å². The molecule has 0 aromatic heterocycles. The molecule has 0 aromatic rings. The van der Waals surface area contributed by atoms with Gasteiger partial charge in [0.1, 0.15) is 0 Å². The van der Waals surface area contributed by atoms with Gasteiger partial charge in [0, 0.05) is 0 Å². The topological polar surface area (TPSA) is 0 Å². The maximum absolute atomic E-state index is 2.59. The van der Waals surface area contributed by atoms with Crippen LogP contribution in [0, 0.1) is 106 Å². The van der Waals surface area contributed by atoms with Gasteiger partial charge in [-0.25, -0.2) is 0 Å². The van der Waals surface area contributed by atoms with Gasteiger partial charge in [-0.1, -0.05) is 204 Å². The van der Waals surface area contributed by atoms with Crippen LogP contribution in [0.15, 0.2) is 0 Å². The van der Waals surface area contributed by atoms with Crippen LogP contribution in [-0.4, -0.2) is 0 Å². The van der Waals surface area contributed by atoms with E-state index in [0.717, 1.165) is 52.3 Å². The van der Waals surface area contributed by atoms with Crippen LogP contribution in [0.2, 0.25) is 0 Å². The second kappa shape index (κ2) is 22.6. The molecule has 0 spiro atoms. The van der Waals surface area contributed by atoms with Crippen molar-refractivity contribution >= 4 is 0 Å². The highest BCUT2D eigenvalue weighted by atomic mass is 14.7. The summed E-state index contributed by atoms with van der Waals surface area (Å²) >= 11 is 0. The van der Waals surface area contributed by atoms with Gasteiger partial charge in [0.25, 0.3) is 0 Å². The average Bonchev–Trinajstić information content (AvgIpc) is 3.20. The van der Waals surface area contributed by atoms with Crippen molar-refractivity contribution in [1.82, 2.24) is 0 Å². The van der Waals surface area contributed by atoms with Gasteiger partial charge in [0.05, 0.1) is 0 Å². The Bertz CT molecular complexity index is 1600. The van der Waals surface area contributed by atoms with E-state index in [-0.39, 0.29) is 7.43 Å². The predicted octanol–water partition coefficient (Wildman–Crippen LogP) is 24.4. The maximum Gasteiger partial charge on any atom is -0.0195 e. The Hall–Kier alpha value is 0. The monoisotopic (exact) mass is 1000 g/mol. The Kier molecular flexibility index (Phi) is 19.7. The molecule has 0 N–H and O–H groups in total. The third-order valence-electron chi connectivity index (χ3n) is 27.0. The minimum atomic E-state index is 0. The highest BCUT2D eigenvalue weighted by Gasteiger charge is 2.61. The van der Waals surface area contributed by atoms with Crippen LogP contribution in [-0.2, 0) is 0 Å². The molecule has 0 amide bonds. The van der Waals surface area contributed by atoms with Gasteiger partial charge in [0.2, 0.25) is 0 Å². The van der Waals surface area contributed by atoms with Crippen molar-refractivity contribution in [2.75, 3.05) is 0 Å². The molecule has 0 aromatic carbocycles. The van der Waals surface area contributed by atoms with Crippen molar-refractivity contribution in [1.29, 1.82) is 0 Å². The van der Waals surface area contributed by atoms with Gasteiger partial charge in [-0.15, -0.1) is 0 Å². The molecule has 10 aliphatic rings. The smallest absolute Gasteiger partial charge is 0.0195 e. The van der Waals surface area contributed by atoms with Gasteiger partial charge >= 0.3 is 0 Å². The van der Waals surface area contributed by atoms with Crippen LogP contribution in [0.5, 0.6) is 0 Å². The van der Waals surface area contributed by atoms with E-state index in [1.807, 2.05) is 0 Å². The summed E-state index contributed by atoms with van der Waals surface area (Å²) in [5.74, 6) is 6.34. The summed E-state index contributed by atoms with van der Waals surface area (Å²) < 4.78 is 0. The third-order valence-corrected chi connectivity index (χ3v) is 27.0. The molecule has 10 bridgehead atoms. The lowest BCUT2D eigenvalue weighted by atomic mass is 9.39. The van der Waals surface area contributed by atoms with Crippen molar-refractivity contribution < 1.29 is 0 Å².